The summed E-state index contributed by atoms with van der Waals surface area (Å²) in [7, 11) is 0. The fraction of sp³-hybridized carbons (Fsp3) is 0.679. The molecule has 1 saturated carbocycles. The van der Waals surface area contributed by atoms with E-state index in [0.29, 0.717) is 12.3 Å². The first-order valence-corrected chi connectivity index (χ1v) is 14.3. The van der Waals surface area contributed by atoms with E-state index in [1.807, 2.05) is 6.92 Å². The topological polar surface area (TPSA) is 198 Å². The van der Waals surface area contributed by atoms with Crippen LogP contribution in [0.5, 0.6) is 0 Å². The molecule has 14 nitrogen and oxygen atoms in total. The molecular weight excluding hydrogens is 556 g/mol. The quantitative estimate of drug-likeness (QED) is 0.156. The van der Waals surface area contributed by atoms with Gasteiger partial charge in [-0.3, -0.25) is 9.59 Å². The van der Waals surface area contributed by atoms with Crippen molar-refractivity contribution in [3.63, 3.8) is 0 Å². The summed E-state index contributed by atoms with van der Waals surface area (Å²) in [5.74, 6) is -3.83. The number of nitrogens with one attached hydrogen (secondary N) is 2. The van der Waals surface area contributed by atoms with E-state index in [2.05, 4.69) is 12.2 Å². The van der Waals surface area contributed by atoms with E-state index >= 15 is 0 Å². The highest BCUT2D eigenvalue weighted by atomic mass is 17.3. The van der Waals surface area contributed by atoms with E-state index in [4.69, 9.17) is 29.2 Å². The largest absolute Gasteiger partial charge is 0.595 e. The van der Waals surface area contributed by atoms with Crippen LogP contribution < -0.4 is 10.5 Å². The number of carboxylic acid groups (broad SMARTS) is 1. The highest BCUT2D eigenvalue weighted by Crippen LogP contribution is 2.60. The van der Waals surface area contributed by atoms with Crippen LogP contribution in [-0.4, -0.2) is 63.3 Å². The molecule has 4 heterocycles. The van der Waals surface area contributed by atoms with Crippen molar-refractivity contribution in [3.05, 3.63) is 35.0 Å². The molecular formula is C28H38N2O12. The number of quaternary nitrogens is 1. The van der Waals surface area contributed by atoms with Gasteiger partial charge >= 0.3 is 11.9 Å². The maximum atomic E-state index is 12.8. The molecule has 4 saturated heterocycles. The average Bonchev–Trinajstić information content (AvgIpc) is 3.18. The number of amides is 1. The lowest BCUT2D eigenvalue weighted by Crippen LogP contribution is -2.99. The van der Waals surface area contributed by atoms with Gasteiger partial charge in [0.15, 0.2) is 23.6 Å². The molecule has 1 aromatic rings. The first-order valence-electron chi connectivity index (χ1n) is 14.3. The van der Waals surface area contributed by atoms with Crippen LogP contribution >= 0.6 is 0 Å². The summed E-state index contributed by atoms with van der Waals surface area (Å²) < 4.78 is 18.1. The molecule has 5 fully saturated rings. The summed E-state index contributed by atoms with van der Waals surface area (Å²) in [5, 5.41) is 41.5. The lowest BCUT2D eigenvalue weighted by atomic mass is 9.58. The summed E-state index contributed by atoms with van der Waals surface area (Å²) in [6.07, 6.45) is -0.964. The minimum absolute atomic E-state index is 0.000217. The molecule has 0 aromatic heterocycles. The maximum Gasteiger partial charge on any atom is 0.329 e. The third-order valence-electron chi connectivity index (χ3n) is 9.27. The molecule has 14 heteroatoms. The summed E-state index contributed by atoms with van der Waals surface area (Å²) in [6, 6.07) is 3.34. The fourth-order valence-electron chi connectivity index (χ4n) is 6.98. The molecule has 4 unspecified atom stereocenters. The third kappa shape index (κ3) is 5.65. The number of aliphatic carboxylic acids is 1. The van der Waals surface area contributed by atoms with Crippen LogP contribution in [-0.2, 0) is 38.4 Å². The van der Waals surface area contributed by atoms with Crippen LogP contribution in [0.3, 0.4) is 0 Å². The van der Waals surface area contributed by atoms with Crippen molar-refractivity contribution in [2.45, 2.75) is 95.4 Å². The summed E-state index contributed by atoms with van der Waals surface area (Å²) in [4.78, 5) is 49.0. The predicted octanol–water partition coefficient (Wildman–Crippen LogP) is 1.22. The molecule has 5 aliphatic rings. The van der Waals surface area contributed by atoms with Gasteiger partial charge < -0.3 is 34.9 Å². The van der Waals surface area contributed by atoms with Gasteiger partial charge in [0.05, 0.1) is 6.42 Å². The minimum Gasteiger partial charge on any atom is -0.595 e. The zero-order chi connectivity index (χ0) is 30.4. The Morgan fingerprint density at radius 2 is 1.93 bits per heavy atom. The monoisotopic (exact) mass is 594 g/mol. The highest BCUT2D eigenvalue weighted by molar-refractivity contribution is 5.86. The van der Waals surface area contributed by atoms with Crippen LogP contribution in [0, 0.1) is 28.9 Å². The Bertz CT molecular complexity index is 1200. The fourth-order valence-corrected chi connectivity index (χ4v) is 6.98. The van der Waals surface area contributed by atoms with Crippen LogP contribution in [0.4, 0.5) is 5.69 Å². The molecule has 2 bridgehead atoms. The van der Waals surface area contributed by atoms with Crippen molar-refractivity contribution in [1.82, 2.24) is 5.32 Å². The Hall–Kier alpha value is -2.69. The Morgan fingerprint density at radius 3 is 2.64 bits per heavy atom. The van der Waals surface area contributed by atoms with Gasteiger partial charge in [-0.25, -0.2) is 19.8 Å². The lowest BCUT2D eigenvalue weighted by molar-refractivity contribution is -0.991. The lowest BCUT2D eigenvalue weighted by Gasteiger charge is -2.59. The smallest absolute Gasteiger partial charge is 0.329 e. The van der Waals surface area contributed by atoms with Crippen LogP contribution in [0.1, 0.15) is 71.0 Å². The second-order valence-corrected chi connectivity index (χ2v) is 12.0. The van der Waals surface area contributed by atoms with E-state index in [1.165, 1.54) is 18.2 Å². The van der Waals surface area contributed by atoms with E-state index in [1.54, 1.807) is 6.92 Å². The Morgan fingerprint density at radius 1 is 1.17 bits per heavy atom. The molecule has 42 heavy (non-hydrogen) atoms. The Labute approximate surface area is 242 Å². The SMILES string of the molecule is C[C@H]1[C@H](OC(=O)CCC(=O)NC(C(=O)O)C(O)c2cccc([NH+]([O-])O)c2)O[C@@H]2O[C@@]3(C)CC[C@H]4[C@H](C)CC[C@@H]1C24OO3. The van der Waals surface area contributed by atoms with Crippen molar-refractivity contribution in [2.75, 3.05) is 0 Å². The number of benzene rings is 1. The van der Waals surface area contributed by atoms with E-state index < -0.39 is 65.6 Å². The zero-order valence-corrected chi connectivity index (χ0v) is 23.7. The standard InChI is InChI=1S/C28H38N2O12/c1-14-7-8-19-15(2)25(39-26-28(19)18(14)11-12-27(3,40-26)41-42-28)38-21(32)10-9-20(31)29-22(24(34)35)23(33)16-5-4-6-17(13-16)30(36)37/h4-6,13-15,18-19,22-23,25-26,30,33,36H,7-12H2,1-3H3,(H,29,31)(H,34,35)/t14-,15-,18+,19+,22?,23?,25-,26-,27-,28?/m1/s1. The second kappa shape index (κ2) is 11.8. The predicted molar refractivity (Wildman–Crippen MR) is 139 cm³/mol. The number of rotatable bonds is 9. The normalized spacial score (nSPS) is 37.5. The Balaban J connectivity index is 1.19. The van der Waals surface area contributed by atoms with Gasteiger partial charge in [0.1, 0.15) is 6.10 Å². The number of carbonyl (C=O) groups excluding carboxylic acids is 2. The second-order valence-electron chi connectivity index (χ2n) is 12.0. The van der Waals surface area contributed by atoms with Crippen molar-refractivity contribution in [3.8, 4) is 0 Å². The van der Waals surface area contributed by atoms with Crippen molar-refractivity contribution < 1.29 is 59.0 Å². The third-order valence-corrected chi connectivity index (χ3v) is 9.27. The summed E-state index contributed by atoms with van der Waals surface area (Å²) >= 11 is 0. The minimum atomic E-state index is -1.77. The first kappa shape index (κ1) is 30.8. The number of ether oxygens (including phenoxy) is 3. The van der Waals surface area contributed by atoms with Crippen LogP contribution in [0.15, 0.2) is 24.3 Å². The number of fused-ring (bicyclic) bond motifs is 2. The number of carbonyl (C=O) groups is 3. The van der Waals surface area contributed by atoms with Crippen LogP contribution in [0.2, 0.25) is 0 Å². The summed E-state index contributed by atoms with van der Waals surface area (Å²) in [5.41, 5.74) is -0.962. The number of hydrogen-bond acceptors (Lipinski definition) is 11. The highest BCUT2D eigenvalue weighted by Gasteiger charge is 2.69. The van der Waals surface area contributed by atoms with Gasteiger partial charge in [0.25, 0.3) is 0 Å². The van der Waals surface area contributed by atoms with Crippen LogP contribution in [0.25, 0.3) is 0 Å². The summed E-state index contributed by atoms with van der Waals surface area (Å²) in [6.45, 7) is 5.91. The van der Waals surface area contributed by atoms with E-state index in [9.17, 15) is 29.8 Å². The molecule has 0 radical (unpaired) electrons. The molecule has 232 valence electrons. The van der Waals surface area contributed by atoms with Gasteiger partial charge in [-0.1, -0.05) is 26.0 Å². The van der Waals surface area contributed by atoms with E-state index in [-0.39, 0.29) is 35.4 Å². The first-order chi connectivity index (χ1) is 19.8. The number of aliphatic hydroxyl groups excluding tert-OH is 1. The van der Waals surface area contributed by atoms with Gasteiger partial charge in [-0.2, -0.15) is 5.23 Å². The molecule has 5 N–H and O–H groups in total. The van der Waals surface area contributed by atoms with Gasteiger partial charge in [-0.15, -0.1) is 0 Å². The zero-order valence-electron chi connectivity index (χ0n) is 23.7. The number of carboxylic acids is 1. The number of aliphatic hydroxyl groups is 1. The number of hydrogen-bond donors (Lipinski definition) is 5. The maximum absolute atomic E-state index is 12.8. The van der Waals surface area contributed by atoms with Crippen molar-refractivity contribution >= 4 is 23.5 Å². The van der Waals surface area contributed by atoms with E-state index in [0.717, 1.165) is 25.3 Å². The number of esters is 1. The molecule has 1 aliphatic carbocycles. The van der Waals surface area contributed by atoms with Crippen molar-refractivity contribution in [1.29, 1.82) is 0 Å². The van der Waals surface area contributed by atoms with Gasteiger partial charge in [0.2, 0.25) is 18.0 Å². The molecule has 11 atom stereocenters. The van der Waals surface area contributed by atoms with Gasteiger partial charge in [0, 0.05) is 36.8 Å². The molecule has 6 rings (SSSR count). The average molecular weight is 595 g/mol. The molecule has 1 spiro atoms. The molecule has 4 aliphatic heterocycles. The van der Waals surface area contributed by atoms with Gasteiger partial charge in [-0.05, 0) is 43.6 Å². The molecule has 1 amide bonds. The molecule has 1 aromatic carbocycles. The van der Waals surface area contributed by atoms with Crippen molar-refractivity contribution in [2.24, 2.45) is 23.7 Å². The Kier molecular flexibility index (Phi) is 8.62.